The first-order valence-corrected chi connectivity index (χ1v) is 11.2. The molecule has 3 nitrogen and oxygen atoms in total. The second-order valence-corrected chi connectivity index (χ2v) is 8.62. The third-order valence-electron chi connectivity index (χ3n) is 6.45. The number of aromatic nitrogens is 2. The van der Waals surface area contributed by atoms with Gasteiger partial charge in [0.25, 0.3) is 0 Å². The van der Waals surface area contributed by atoms with Gasteiger partial charge in [0.15, 0.2) is 0 Å². The Balaban J connectivity index is 1.46. The number of rotatable bonds is 6. The van der Waals surface area contributed by atoms with Gasteiger partial charge in [0.2, 0.25) is 0 Å². The normalized spacial score (nSPS) is 15.7. The quantitative estimate of drug-likeness (QED) is 0.412. The molecule has 1 heterocycles. The van der Waals surface area contributed by atoms with Crippen molar-refractivity contribution >= 4 is 0 Å². The molecule has 0 aliphatic heterocycles. The molecule has 0 spiro atoms. The van der Waals surface area contributed by atoms with E-state index < -0.39 is 0 Å². The molecule has 4 aromatic rings. The Morgan fingerprint density at radius 2 is 1.55 bits per heavy atom. The average molecular weight is 408 g/mol. The van der Waals surface area contributed by atoms with Crippen molar-refractivity contribution in [2.24, 2.45) is 7.05 Å². The molecular weight excluding hydrogens is 378 g/mol. The van der Waals surface area contributed by atoms with Gasteiger partial charge in [-0.05, 0) is 47.1 Å². The van der Waals surface area contributed by atoms with Crippen LogP contribution < -0.4 is 0 Å². The van der Waals surface area contributed by atoms with E-state index in [0.29, 0.717) is 6.04 Å². The van der Waals surface area contributed by atoms with Gasteiger partial charge in [0, 0.05) is 37.9 Å². The number of aryl methyl sites for hydroxylation is 2. The SMILES string of the molecule is Cn1cc(-c2cccc3c2CC(N(Cc2ccccc2)Cc2ccccc2)CC3)cn1. The molecule has 3 heteroatoms. The Morgan fingerprint density at radius 1 is 0.871 bits per heavy atom. The Kier molecular flexibility index (Phi) is 5.68. The molecule has 0 saturated heterocycles. The molecule has 1 atom stereocenters. The van der Waals surface area contributed by atoms with Crippen molar-refractivity contribution in [1.82, 2.24) is 14.7 Å². The van der Waals surface area contributed by atoms with Crippen molar-refractivity contribution < 1.29 is 0 Å². The lowest BCUT2D eigenvalue weighted by atomic mass is 9.83. The highest BCUT2D eigenvalue weighted by molar-refractivity contribution is 5.68. The lowest BCUT2D eigenvalue weighted by Crippen LogP contribution is -2.38. The zero-order valence-electron chi connectivity index (χ0n) is 18.1. The molecule has 1 unspecified atom stereocenters. The first-order valence-electron chi connectivity index (χ1n) is 11.2. The number of hydrogen-bond donors (Lipinski definition) is 0. The highest BCUT2D eigenvalue weighted by Crippen LogP contribution is 2.34. The highest BCUT2D eigenvalue weighted by atomic mass is 15.2. The predicted molar refractivity (Wildman–Crippen MR) is 127 cm³/mol. The maximum absolute atomic E-state index is 4.41. The summed E-state index contributed by atoms with van der Waals surface area (Å²) in [5, 5.41) is 4.41. The maximum Gasteiger partial charge on any atom is 0.0568 e. The minimum atomic E-state index is 0.519. The van der Waals surface area contributed by atoms with Crippen LogP contribution in [0.15, 0.2) is 91.3 Å². The predicted octanol–water partition coefficient (Wildman–Crippen LogP) is 5.65. The lowest BCUT2D eigenvalue weighted by Gasteiger charge is -2.36. The second-order valence-electron chi connectivity index (χ2n) is 8.62. The van der Waals surface area contributed by atoms with Crippen LogP contribution in [0.25, 0.3) is 11.1 Å². The summed E-state index contributed by atoms with van der Waals surface area (Å²) in [6.45, 7) is 1.95. The van der Waals surface area contributed by atoms with Crippen LogP contribution >= 0.6 is 0 Å². The smallest absolute Gasteiger partial charge is 0.0568 e. The Labute approximate surface area is 185 Å². The molecule has 0 N–H and O–H groups in total. The molecule has 0 amide bonds. The molecule has 0 radical (unpaired) electrons. The van der Waals surface area contributed by atoms with E-state index in [4.69, 9.17) is 0 Å². The summed E-state index contributed by atoms with van der Waals surface area (Å²) in [6, 6.07) is 29.1. The first-order chi connectivity index (χ1) is 15.3. The van der Waals surface area contributed by atoms with Gasteiger partial charge in [0.05, 0.1) is 6.20 Å². The molecule has 5 rings (SSSR count). The van der Waals surface area contributed by atoms with Crippen molar-refractivity contribution in [3.8, 4) is 11.1 Å². The van der Waals surface area contributed by atoms with Crippen LogP contribution in [-0.2, 0) is 33.0 Å². The van der Waals surface area contributed by atoms with E-state index in [1.807, 2.05) is 17.9 Å². The fourth-order valence-corrected chi connectivity index (χ4v) is 4.86. The Hall–Kier alpha value is -3.17. The van der Waals surface area contributed by atoms with Gasteiger partial charge in [-0.25, -0.2) is 0 Å². The van der Waals surface area contributed by atoms with Crippen molar-refractivity contribution in [3.05, 3.63) is 114 Å². The molecule has 0 bridgehead atoms. The van der Waals surface area contributed by atoms with E-state index >= 15 is 0 Å². The van der Waals surface area contributed by atoms with Crippen molar-refractivity contribution in [2.45, 2.75) is 38.4 Å². The zero-order valence-corrected chi connectivity index (χ0v) is 18.1. The van der Waals surface area contributed by atoms with Crippen LogP contribution in [0.5, 0.6) is 0 Å². The second kappa shape index (κ2) is 8.91. The monoisotopic (exact) mass is 407 g/mol. The minimum Gasteiger partial charge on any atom is -0.292 e. The van der Waals surface area contributed by atoms with E-state index in [9.17, 15) is 0 Å². The summed E-state index contributed by atoms with van der Waals surface area (Å²) >= 11 is 0. The van der Waals surface area contributed by atoms with Gasteiger partial charge in [0.1, 0.15) is 0 Å². The van der Waals surface area contributed by atoms with Gasteiger partial charge in [-0.2, -0.15) is 5.10 Å². The summed E-state index contributed by atoms with van der Waals surface area (Å²) in [7, 11) is 1.99. The number of hydrogen-bond acceptors (Lipinski definition) is 2. The molecule has 1 aliphatic rings. The van der Waals surface area contributed by atoms with E-state index in [1.165, 1.54) is 39.8 Å². The molecular formula is C28H29N3. The highest BCUT2D eigenvalue weighted by Gasteiger charge is 2.26. The zero-order chi connectivity index (χ0) is 21.0. The number of benzene rings is 3. The maximum atomic E-state index is 4.41. The molecule has 31 heavy (non-hydrogen) atoms. The molecule has 3 aromatic carbocycles. The largest absolute Gasteiger partial charge is 0.292 e. The van der Waals surface area contributed by atoms with Crippen molar-refractivity contribution in [3.63, 3.8) is 0 Å². The van der Waals surface area contributed by atoms with E-state index in [-0.39, 0.29) is 0 Å². The number of nitrogens with zero attached hydrogens (tertiary/aromatic N) is 3. The van der Waals surface area contributed by atoms with Gasteiger partial charge in [-0.15, -0.1) is 0 Å². The van der Waals surface area contributed by atoms with Crippen LogP contribution in [0, 0.1) is 0 Å². The third kappa shape index (κ3) is 4.47. The van der Waals surface area contributed by atoms with E-state index in [1.54, 1.807) is 0 Å². The summed E-state index contributed by atoms with van der Waals surface area (Å²) in [5.41, 5.74) is 8.32. The van der Waals surface area contributed by atoms with Crippen LogP contribution in [0.3, 0.4) is 0 Å². The lowest BCUT2D eigenvalue weighted by molar-refractivity contribution is 0.162. The molecule has 156 valence electrons. The van der Waals surface area contributed by atoms with Gasteiger partial charge in [-0.3, -0.25) is 9.58 Å². The van der Waals surface area contributed by atoms with Gasteiger partial charge < -0.3 is 0 Å². The molecule has 0 saturated carbocycles. The van der Waals surface area contributed by atoms with Crippen LogP contribution in [0.2, 0.25) is 0 Å². The third-order valence-corrected chi connectivity index (χ3v) is 6.45. The fraction of sp³-hybridized carbons (Fsp3) is 0.250. The summed E-state index contributed by atoms with van der Waals surface area (Å²) in [6.07, 6.45) is 7.53. The van der Waals surface area contributed by atoms with E-state index in [0.717, 1.165) is 25.9 Å². The van der Waals surface area contributed by atoms with Crippen LogP contribution in [0.1, 0.15) is 28.7 Å². The standard InChI is InChI=1S/C28H29N3/c1-30-21-25(18-29-30)27-14-8-13-24-15-16-26(17-28(24)27)31(19-22-9-4-2-5-10-22)20-23-11-6-3-7-12-23/h2-14,18,21,26H,15-17,19-20H2,1H3. The Morgan fingerprint density at radius 3 is 2.16 bits per heavy atom. The summed E-state index contributed by atoms with van der Waals surface area (Å²) in [4.78, 5) is 2.67. The van der Waals surface area contributed by atoms with Crippen LogP contribution in [0.4, 0.5) is 0 Å². The molecule has 1 aliphatic carbocycles. The Bertz CT molecular complexity index is 1090. The van der Waals surface area contributed by atoms with Crippen molar-refractivity contribution in [1.29, 1.82) is 0 Å². The van der Waals surface area contributed by atoms with Gasteiger partial charge >= 0.3 is 0 Å². The summed E-state index contributed by atoms with van der Waals surface area (Å²) < 4.78 is 1.89. The molecule has 0 fully saturated rings. The van der Waals surface area contributed by atoms with Crippen LogP contribution in [-0.4, -0.2) is 20.7 Å². The molecule has 1 aromatic heterocycles. The fourth-order valence-electron chi connectivity index (χ4n) is 4.86. The van der Waals surface area contributed by atoms with Gasteiger partial charge in [-0.1, -0.05) is 78.9 Å². The van der Waals surface area contributed by atoms with E-state index in [2.05, 4.69) is 95.1 Å². The average Bonchev–Trinajstić information content (AvgIpc) is 3.25. The first kappa shape index (κ1) is 19.8. The minimum absolute atomic E-state index is 0.519. The number of fused-ring (bicyclic) bond motifs is 1. The summed E-state index contributed by atoms with van der Waals surface area (Å²) in [5.74, 6) is 0. The topological polar surface area (TPSA) is 21.1 Å². The van der Waals surface area contributed by atoms with Crippen molar-refractivity contribution in [2.75, 3.05) is 0 Å².